The lowest BCUT2D eigenvalue weighted by atomic mass is 9.84. The van der Waals surface area contributed by atoms with Crippen LogP contribution < -0.4 is 10.5 Å². The molecular weight excluding hydrogens is 312 g/mol. The Morgan fingerprint density at radius 1 is 1.30 bits per heavy atom. The number of ether oxygens (including phenoxy) is 1. The van der Waals surface area contributed by atoms with E-state index in [9.17, 15) is 4.79 Å². The van der Waals surface area contributed by atoms with Gasteiger partial charge in [-0.3, -0.25) is 4.79 Å². The number of nitrogens with zero attached hydrogens (tertiary/aromatic N) is 1. The molecule has 0 spiro atoms. The highest BCUT2D eigenvalue weighted by atomic mass is 35.5. The molecule has 4 nitrogen and oxygen atoms in total. The Hall–Kier alpha value is -1.26. The molecule has 2 aliphatic rings. The maximum Gasteiger partial charge on any atom is 0.227 e. The predicted molar refractivity (Wildman–Crippen MR) is 93.6 cm³/mol. The van der Waals surface area contributed by atoms with Crippen LogP contribution in [0.3, 0.4) is 0 Å². The fourth-order valence-corrected chi connectivity index (χ4v) is 4.22. The van der Waals surface area contributed by atoms with Gasteiger partial charge in [-0.05, 0) is 44.1 Å². The van der Waals surface area contributed by atoms with Crippen molar-refractivity contribution in [1.82, 2.24) is 4.90 Å². The lowest BCUT2D eigenvalue weighted by molar-refractivity contribution is -0.137. The number of para-hydroxylation sites is 1. The number of hydrogen-bond acceptors (Lipinski definition) is 3. The number of hydrogen-bond donors (Lipinski definition) is 1. The molecule has 4 atom stereocenters. The van der Waals surface area contributed by atoms with Gasteiger partial charge >= 0.3 is 0 Å². The summed E-state index contributed by atoms with van der Waals surface area (Å²) in [6.45, 7) is 3.18. The van der Waals surface area contributed by atoms with Crippen molar-refractivity contribution >= 4 is 18.3 Å². The highest BCUT2D eigenvalue weighted by molar-refractivity contribution is 5.85. The molecule has 1 aromatic carbocycles. The Labute approximate surface area is 144 Å². The van der Waals surface area contributed by atoms with Crippen LogP contribution in [0.4, 0.5) is 0 Å². The van der Waals surface area contributed by atoms with Crippen LogP contribution in [0.15, 0.2) is 24.3 Å². The summed E-state index contributed by atoms with van der Waals surface area (Å²) in [7, 11) is 1.88. The third-order valence-corrected chi connectivity index (χ3v) is 5.32. The van der Waals surface area contributed by atoms with Crippen molar-refractivity contribution < 1.29 is 9.53 Å². The van der Waals surface area contributed by atoms with Crippen molar-refractivity contribution in [3.63, 3.8) is 0 Å². The van der Waals surface area contributed by atoms with E-state index in [0.29, 0.717) is 25.0 Å². The van der Waals surface area contributed by atoms with Crippen LogP contribution in [0.1, 0.15) is 31.7 Å². The van der Waals surface area contributed by atoms with Gasteiger partial charge in [-0.25, -0.2) is 0 Å². The third-order valence-electron chi connectivity index (χ3n) is 5.32. The monoisotopic (exact) mass is 338 g/mol. The van der Waals surface area contributed by atoms with Crippen molar-refractivity contribution in [2.24, 2.45) is 23.5 Å². The molecule has 1 amide bonds. The topological polar surface area (TPSA) is 55.6 Å². The Balaban J connectivity index is 0.00000192. The van der Waals surface area contributed by atoms with E-state index >= 15 is 0 Å². The van der Waals surface area contributed by atoms with Crippen LogP contribution in [-0.2, 0) is 11.3 Å². The summed E-state index contributed by atoms with van der Waals surface area (Å²) in [5.41, 5.74) is 7.35. The van der Waals surface area contributed by atoms with Gasteiger partial charge in [0.05, 0.1) is 12.5 Å². The number of benzene rings is 1. The first-order valence-corrected chi connectivity index (χ1v) is 8.33. The van der Waals surface area contributed by atoms with Gasteiger partial charge in [-0.15, -0.1) is 12.4 Å². The maximum atomic E-state index is 12.8. The summed E-state index contributed by atoms with van der Waals surface area (Å²) in [4.78, 5) is 14.6. The van der Waals surface area contributed by atoms with E-state index in [4.69, 9.17) is 10.5 Å². The maximum absolute atomic E-state index is 12.8. The Kier molecular flexibility index (Phi) is 5.93. The third kappa shape index (κ3) is 3.48. The van der Waals surface area contributed by atoms with Crippen molar-refractivity contribution in [3.05, 3.63) is 29.8 Å². The molecule has 1 aromatic rings. The number of halogens is 1. The second kappa shape index (κ2) is 7.54. The molecule has 4 unspecified atom stereocenters. The minimum absolute atomic E-state index is 0. The van der Waals surface area contributed by atoms with E-state index in [1.54, 1.807) is 0 Å². The van der Waals surface area contributed by atoms with Crippen LogP contribution >= 0.6 is 12.4 Å². The minimum atomic E-state index is 0. The van der Waals surface area contributed by atoms with E-state index in [0.717, 1.165) is 24.2 Å². The molecule has 2 fully saturated rings. The van der Waals surface area contributed by atoms with Crippen molar-refractivity contribution in [2.75, 3.05) is 13.7 Å². The van der Waals surface area contributed by atoms with E-state index < -0.39 is 0 Å². The molecule has 0 saturated heterocycles. The predicted octanol–water partition coefficient (Wildman–Crippen LogP) is 2.84. The molecule has 0 radical (unpaired) electrons. The molecule has 0 heterocycles. The van der Waals surface area contributed by atoms with E-state index in [-0.39, 0.29) is 30.3 Å². The van der Waals surface area contributed by atoms with Gasteiger partial charge in [0.25, 0.3) is 0 Å². The van der Waals surface area contributed by atoms with Crippen LogP contribution in [0.2, 0.25) is 0 Å². The fourth-order valence-electron chi connectivity index (χ4n) is 4.22. The molecule has 2 aliphatic carbocycles. The largest absolute Gasteiger partial charge is 0.494 e. The summed E-state index contributed by atoms with van der Waals surface area (Å²) in [5.74, 6) is 2.14. The molecule has 2 bridgehead atoms. The first kappa shape index (κ1) is 18.1. The number of rotatable bonds is 5. The Morgan fingerprint density at radius 2 is 2.00 bits per heavy atom. The average molecular weight is 339 g/mol. The van der Waals surface area contributed by atoms with Crippen LogP contribution in [-0.4, -0.2) is 30.5 Å². The summed E-state index contributed by atoms with van der Waals surface area (Å²) >= 11 is 0. The highest BCUT2D eigenvalue weighted by Gasteiger charge is 2.49. The molecule has 5 heteroatoms. The normalized spacial score (nSPS) is 28.3. The number of fused-ring (bicyclic) bond motifs is 2. The van der Waals surface area contributed by atoms with Crippen molar-refractivity contribution in [2.45, 2.75) is 38.8 Å². The zero-order valence-electron chi connectivity index (χ0n) is 13.9. The number of amides is 1. The van der Waals surface area contributed by atoms with Gasteiger partial charge in [0.15, 0.2) is 0 Å². The second-order valence-electron chi connectivity index (χ2n) is 6.67. The van der Waals surface area contributed by atoms with Gasteiger partial charge in [0.1, 0.15) is 5.75 Å². The SMILES string of the molecule is CCOc1ccccc1CN(C)C(=O)C1C2CCC(C2)C1N.Cl. The molecule has 2 N–H and O–H groups in total. The lowest BCUT2D eigenvalue weighted by Crippen LogP contribution is -2.45. The minimum Gasteiger partial charge on any atom is -0.494 e. The first-order chi connectivity index (χ1) is 10.6. The van der Waals surface area contributed by atoms with Gasteiger partial charge < -0.3 is 15.4 Å². The van der Waals surface area contributed by atoms with Gasteiger partial charge in [-0.1, -0.05) is 18.2 Å². The molecule has 3 rings (SSSR count). The van der Waals surface area contributed by atoms with Crippen LogP contribution in [0.25, 0.3) is 0 Å². The van der Waals surface area contributed by atoms with E-state index in [1.165, 1.54) is 6.42 Å². The standard InChI is InChI=1S/C18H26N2O2.ClH/c1-3-22-15-7-5-4-6-14(15)11-20(2)18(21)16-12-8-9-13(10-12)17(16)19;/h4-7,12-13,16-17H,3,8-11,19H2,1-2H3;1H. The summed E-state index contributed by atoms with van der Waals surface area (Å²) in [6.07, 6.45) is 3.51. The lowest BCUT2D eigenvalue weighted by Gasteiger charge is -2.31. The zero-order valence-corrected chi connectivity index (χ0v) is 14.7. The van der Waals surface area contributed by atoms with E-state index in [1.807, 2.05) is 43.1 Å². The average Bonchev–Trinajstić information content (AvgIpc) is 3.10. The Morgan fingerprint density at radius 3 is 2.65 bits per heavy atom. The number of carbonyl (C=O) groups excluding carboxylic acids is 1. The highest BCUT2D eigenvalue weighted by Crippen LogP contribution is 2.48. The summed E-state index contributed by atoms with van der Waals surface area (Å²) in [5, 5.41) is 0. The first-order valence-electron chi connectivity index (χ1n) is 8.33. The van der Waals surface area contributed by atoms with E-state index in [2.05, 4.69) is 0 Å². The van der Waals surface area contributed by atoms with Crippen molar-refractivity contribution in [3.8, 4) is 5.75 Å². The molecule has 128 valence electrons. The molecule has 0 aromatic heterocycles. The number of nitrogens with two attached hydrogens (primary N) is 1. The van der Waals surface area contributed by atoms with Crippen LogP contribution in [0, 0.1) is 17.8 Å². The second-order valence-corrected chi connectivity index (χ2v) is 6.67. The van der Waals surface area contributed by atoms with Gasteiger partial charge in [-0.2, -0.15) is 0 Å². The molecular formula is C18H27ClN2O2. The summed E-state index contributed by atoms with van der Waals surface area (Å²) < 4.78 is 5.65. The quantitative estimate of drug-likeness (QED) is 0.898. The molecule has 23 heavy (non-hydrogen) atoms. The Bertz CT molecular complexity index is 550. The van der Waals surface area contributed by atoms with Gasteiger partial charge in [0.2, 0.25) is 5.91 Å². The smallest absolute Gasteiger partial charge is 0.227 e. The molecule has 0 aliphatic heterocycles. The zero-order chi connectivity index (χ0) is 15.7. The number of carbonyl (C=O) groups is 1. The fraction of sp³-hybridized carbons (Fsp3) is 0.611. The summed E-state index contributed by atoms with van der Waals surface area (Å²) in [6, 6.07) is 7.98. The molecule has 2 saturated carbocycles. The van der Waals surface area contributed by atoms with Gasteiger partial charge in [0, 0.05) is 25.2 Å². The van der Waals surface area contributed by atoms with Crippen LogP contribution in [0.5, 0.6) is 5.75 Å². The van der Waals surface area contributed by atoms with Crippen molar-refractivity contribution in [1.29, 1.82) is 0 Å².